The Morgan fingerprint density at radius 3 is 2.44 bits per heavy atom. The minimum atomic E-state index is -0.239. The average molecular weight is 335 g/mol. The van der Waals surface area contributed by atoms with Gasteiger partial charge in [0.05, 0.1) is 5.69 Å². The van der Waals surface area contributed by atoms with Crippen LogP contribution in [-0.4, -0.2) is 31.9 Å². The van der Waals surface area contributed by atoms with Gasteiger partial charge in [0.15, 0.2) is 5.69 Å². The van der Waals surface area contributed by atoms with Crippen molar-refractivity contribution in [3.05, 3.63) is 59.5 Å². The maximum atomic E-state index is 12.6. The molecule has 2 aromatic heterocycles. The maximum Gasteiger partial charge on any atom is 0.274 e. The van der Waals surface area contributed by atoms with E-state index < -0.39 is 0 Å². The van der Waals surface area contributed by atoms with E-state index in [0.717, 1.165) is 16.8 Å². The number of nitrogens with zero attached hydrogens (tertiary/aromatic N) is 4. The largest absolute Gasteiger partial charge is 0.348 e. The number of carbonyl (C=O) groups excluding carboxylic acids is 1. The molecule has 128 valence electrons. The Morgan fingerprint density at radius 2 is 1.80 bits per heavy atom. The first-order chi connectivity index (χ1) is 12.0. The van der Waals surface area contributed by atoms with Crippen molar-refractivity contribution < 1.29 is 4.79 Å². The van der Waals surface area contributed by atoms with Gasteiger partial charge in [0.2, 0.25) is 0 Å². The highest BCUT2D eigenvalue weighted by atomic mass is 16.2. The van der Waals surface area contributed by atoms with Gasteiger partial charge in [-0.3, -0.25) is 9.78 Å². The molecule has 0 saturated carbocycles. The topological polar surface area (TPSA) is 72.7 Å². The Labute approximate surface area is 146 Å². The van der Waals surface area contributed by atoms with E-state index in [1.807, 2.05) is 51.1 Å². The van der Waals surface area contributed by atoms with Gasteiger partial charge >= 0.3 is 0 Å². The predicted molar refractivity (Wildman–Crippen MR) is 96.7 cm³/mol. The third-order valence-electron chi connectivity index (χ3n) is 3.99. The summed E-state index contributed by atoms with van der Waals surface area (Å²) in [5.41, 5.74) is 5.02. The third kappa shape index (κ3) is 3.42. The number of carbonyl (C=O) groups is 1. The van der Waals surface area contributed by atoms with E-state index in [0.29, 0.717) is 11.4 Å². The van der Waals surface area contributed by atoms with E-state index >= 15 is 0 Å². The van der Waals surface area contributed by atoms with Crippen molar-refractivity contribution in [2.24, 2.45) is 0 Å². The van der Waals surface area contributed by atoms with Crippen LogP contribution in [0.4, 0.5) is 0 Å². The summed E-state index contributed by atoms with van der Waals surface area (Å²) < 4.78 is 1.71. The second-order valence-electron chi connectivity index (χ2n) is 6.33. The monoisotopic (exact) mass is 335 g/mol. The molecule has 1 aromatic carbocycles. The summed E-state index contributed by atoms with van der Waals surface area (Å²) in [7, 11) is 0. The van der Waals surface area contributed by atoms with Crippen LogP contribution in [0, 0.1) is 13.8 Å². The Hall–Kier alpha value is -3.02. The van der Waals surface area contributed by atoms with E-state index in [2.05, 4.69) is 27.5 Å². The number of hydrogen-bond acceptors (Lipinski definition) is 4. The first kappa shape index (κ1) is 16.8. The first-order valence-corrected chi connectivity index (χ1v) is 8.22. The Kier molecular flexibility index (Phi) is 4.61. The minimum Gasteiger partial charge on any atom is -0.348 e. The molecule has 3 rings (SSSR count). The van der Waals surface area contributed by atoms with E-state index in [1.54, 1.807) is 17.1 Å². The second kappa shape index (κ2) is 6.84. The van der Waals surface area contributed by atoms with Gasteiger partial charge in [-0.05, 0) is 63.1 Å². The van der Waals surface area contributed by atoms with Gasteiger partial charge in [-0.25, -0.2) is 4.68 Å². The Morgan fingerprint density at radius 1 is 1.08 bits per heavy atom. The third-order valence-corrected chi connectivity index (χ3v) is 3.99. The molecular formula is C19H21N5O. The number of aryl methyl sites for hydroxylation is 2. The number of hydrogen-bond donors (Lipinski definition) is 1. The molecule has 1 N–H and O–H groups in total. The zero-order valence-corrected chi connectivity index (χ0v) is 14.8. The number of amides is 1. The van der Waals surface area contributed by atoms with Crippen molar-refractivity contribution in [1.29, 1.82) is 0 Å². The predicted octanol–water partition coefficient (Wildman–Crippen LogP) is 3.08. The molecule has 0 atom stereocenters. The number of rotatable bonds is 4. The smallest absolute Gasteiger partial charge is 0.274 e. The number of nitrogens with one attached hydrogen (secondary N) is 1. The lowest BCUT2D eigenvalue weighted by Gasteiger charge is -2.11. The molecule has 3 aromatic rings. The summed E-state index contributed by atoms with van der Waals surface area (Å²) in [6.45, 7) is 7.94. The van der Waals surface area contributed by atoms with Crippen LogP contribution in [0.2, 0.25) is 0 Å². The van der Waals surface area contributed by atoms with Gasteiger partial charge in [0.25, 0.3) is 5.91 Å². The van der Waals surface area contributed by atoms with Crippen molar-refractivity contribution in [2.75, 3.05) is 0 Å². The molecule has 0 aliphatic rings. The van der Waals surface area contributed by atoms with Gasteiger partial charge in [-0.1, -0.05) is 11.3 Å². The van der Waals surface area contributed by atoms with E-state index in [-0.39, 0.29) is 11.9 Å². The highest BCUT2D eigenvalue weighted by Gasteiger charge is 2.22. The van der Waals surface area contributed by atoms with Crippen molar-refractivity contribution in [3.63, 3.8) is 0 Å². The summed E-state index contributed by atoms with van der Waals surface area (Å²) in [4.78, 5) is 16.6. The Bertz CT molecular complexity index is 899. The van der Waals surface area contributed by atoms with Crippen LogP contribution in [0.5, 0.6) is 0 Å². The van der Waals surface area contributed by atoms with Crippen LogP contribution >= 0.6 is 0 Å². The van der Waals surface area contributed by atoms with E-state index in [4.69, 9.17) is 0 Å². The number of pyridine rings is 1. The summed E-state index contributed by atoms with van der Waals surface area (Å²) in [6, 6.07) is 9.77. The first-order valence-electron chi connectivity index (χ1n) is 8.22. The Balaban J connectivity index is 2.17. The summed E-state index contributed by atoms with van der Waals surface area (Å²) in [5, 5.41) is 11.3. The van der Waals surface area contributed by atoms with Gasteiger partial charge in [0.1, 0.15) is 5.69 Å². The summed E-state index contributed by atoms with van der Waals surface area (Å²) in [5.74, 6) is -0.239. The molecule has 6 nitrogen and oxygen atoms in total. The SMILES string of the molecule is Cc1ccc(-n2nnc(C(=O)NC(C)C)c2-c2ccncc2)cc1C. The molecule has 2 heterocycles. The molecule has 0 bridgehead atoms. The lowest BCUT2D eigenvalue weighted by Crippen LogP contribution is -2.30. The van der Waals surface area contributed by atoms with Crippen LogP contribution in [-0.2, 0) is 0 Å². The minimum absolute atomic E-state index is 0.0181. The van der Waals surface area contributed by atoms with Gasteiger partial charge in [-0.2, -0.15) is 0 Å². The maximum absolute atomic E-state index is 12.6. The van der Waals surface area contributed by atoms with Crippen molar-refractivity contribution in [3.8, 4) is 16.9 Å². The summed E-state index contributed by atoms with van der Waals surface area (Å²) in [6.07, 6.45) is 3.38. The van der Waals surface area contributed by atoms with Gasteiger partial charge in [0, 0.05) is 24.0 Å². The van der Waals surface area contributed by atoms with Crippen LogP contribution < -0.4 is 5.32 Å². The fourth-order valence-electron chi connectivity index (χ4n) is 2.57. The molecule has 0 saturated heterocycles. The number of benzene rings is 1. The lowest BCUT2D eigenvalue weighted by atomic mass is 10.1. The van der Waals surface area contributed by atoms with Crippen LogP contribution in [0.1, 0.15) is 35.5 Å². The van der Waals surface area contributed by atoms with Gasteiger partial charge in [-0.15, -0.1) is 5.10 Å². The lowest BCUT2D eigenvalue weighted by molar-refractivity contribution is 0.0938. The molecule has 25 heavy (non-hydrogen) atoms. The van der Waals surface area contributed by atoms with Gasteiger partial charge < -0.3 is 5.32 Å². The van der Waals surface area contributed by atoms with Crippen LogP contribution in [0.25, 0.3) is 16.9 Å². The molecule has 0 unspecified atom stereocenters. The molecule has 0 aliphatic carbocycles. The quantitative estimate of drug-likeness (QED) is 0.795. The molecule has 0 aliphatic heterocycles. The normalized spacial score (nSPS) is 10.9. The molecule has 0 fully saturated rings. The van der Waals surface area contributed by atoms with Crippen molar-refractivity contribution in [2.45, 2.75) is 33.7 Å². The number of aromatic nitrogens is 4. The molecule has 0 spiro atoms. The van der Waals surface area contributed by atoms with Crippen LogP contribution in [0.15, 0.2) is 42.7 Å². The molecular weight excluding hydrogens is 314 g/mol. The zero-order valence-electron chi connectivity index (χ0n) is 14.8. The second-order valence-corrected chi connectivity index (χ2v) is 6.33. The molecule has 0 radical (unpaired) electrons. The van der Waals surface area contributed by atoms with E-state index in [9.17, 15) is 4.79 Å². The van der Waals surface area contributed by atoms with E-state index in [1.165, 1.54) is 5.56 Å². The van der Waals surface area contributed by atoms with Crippen LogP contribution in [0.3, 0.4) is 0 Å². The highest BCUT2D eigenvalue weighted by molar-refractivity contribution is 5.98. The standard InChI is InChI=1S/C19H21N5O/c1-12(2)21-19(25)17-18(15-7-9-20-10-8-15)24(23-22-17)16-6-5-13(3)14(4)11-16/h5-12H,1-4H3,(H,21,25). The van der Waals surface area contributed by atoms with Crippen molar-refractivity contribution >= 4 is 5.91 Å². The fraction of sp³-hybridized carbons (Fsp3) is 0.263. The molecule has 1 amide bonds. The average Bonchev–Trinajstić information content (AvgIpc) is 3.02. The highest BCUT2D eigenvalue weighted by Crippen LogP contribution is 2.25. The molecule has 6 heteroatoms. The summed E-state index contributed by atoms with van der Waals surface area (Å²) >= 11 is 0. The fourth-order valence-corrected chi connectivity index (χ4v) is 2.57. The zero-order chi connectivity index (χ0) is 18.0. The van der Waals surface area contributed by atoms with Crippen molar-refractivity contribution in [1.82, 2.24) is 25.3 Å².